The summed E-state index contributed by atoms with van der Waals surface area (Å²) < 4.78 is 16.6. The molecule has 0 spiro atoms. The fourth-order valence-corrected chi connectivity index (χ4v) is 4.72. The smallest absolute Gasteiger partial charge is 0.275 e. The number of nitrogens with one attached hydrogen (secondary N) is 1. The number of ether oxygens (including phenoxy) is 3. The van der Waals surface area contributed by atoms with E-state index < -0.39 is 11.9 Å². The van der Waals surface area contributed by atoms with Gasteiger partial charge in [0.25, 0.3) is 5.91 Å². The molecule has 0 bridgehead atoms. The van der Waals surface area contributed by atoms with Crippen molar-refractivity contribution in [3.8, 4) is 17.2 Å². The molecule has 0 unspecified atom stereocenters. The van der Waals surface area contributed by atoms with E-state index in [1.165, 1.54) is 56.2 Å². The molecule has 4 aromatic rings. The number of rotatable bonds is 11. The summed E-state index contributed by atoms with van der Waals surface area (Å²) in [6, 6.07) is 15.7. The summed E-state index contributed by atoms with van der Waals surface area (Å²) in [7, 11) is 4.50. The van der Waals surface area contributed by atoms with Crippen LogP contribution in [0.4, 0.5) is 0 Å². The second-order valence-corrected chi connectivity index (χ2v) is 9.20. The summed E-state index contributed by atoms with van der Waals surface area (Å²) in [4.78, 5) is 38.4. The Bertz CT molecular complexity index is 1330. The van der Waals surface area contributed by atoms with Crippen LogP contribution < -0.4 is 19.5 Å². The maximum atomic E-state index is 13.9. The van der Waals surface area contributed by atoms with Gasteiger partial charge in [-0.1, -0.05) is 36.4 Å². The van der Waals surface area contributed by atoms with Crippen LogP contribution in [-0.4, -0.2) is 48.0 Å². The van der Waals surface area contributed by atoms with E-state index in [0.717, 1.165) is 10.4 Å². The van der Waals surface area contributed by atoms with E-state index in [4.69, 9.17) is 14.2 Å². The average molecular weight is 533 g/mol. The van der Waals surface area contributed by atoms with E-state index in [-0.39, 0.29) is 24.7 Å². The Labute approximate surface area is 225 Å². The summed E-state index contributed by atoms with van der Waals surface area (Å²) in [5, 5.41) is 4.91. The third-order valence-electron chi connectivity index (χ3n) is 5.82. The van der Waals surface area contributed by atoms with Gasteiger partial charge in [-0.15, -0.1) is 11.3 Å². The van der Waals surface area contributed by atoms with Crippen molar-refractivity contribution in [2.24, 2.45) is 0 Å². The largest absolute Gasteiger partial charge is 0.493 e. The van der Waals surface area contributed by atoms with Crippen LogP contribution in [0, 0.1) is 0 Å². The zero-order valence-corrected chi connectivity index (χ0v) is 22.1. The summed E-state index contributed by atoms with van der Waals surface area (Å²) in [5.74, 6) is 0.292. The molecule has 9 nitrogen and oxygen atoms in total. The van der Waals surface area contributed by atoms with Crippen LogP contribution in [0.2, 0.25) is 0 Å². The van der Waals surface area contributed by atoms with Crippen molar-refractivity contribution < 1.29 is 23.8 Å². The SMILES string of the molecule is COc1cc([C@@H](C(=O)NCc2ccccc2)N(Cc2cccs2)C(=O)c2cnccn2)cc(OC)c1OC. The molecule has 0 aliphatic rings. The van der Waals surface area contributed by atoms with Crippen molar-refractivity contribution >= 4 is 23.2 Å². The van der Waals surface area contributed by atoms with Crippen molar-refractivity contribution in [1.82, 2.24) is 20.2 Å². The Kier molecular flexibility index (Phi) is 8.89. The minimum Gasteiger partial charge on any atom is -0.493 e. The topological polar surface area (TPSA) is 103 Å². The number of hydrogen-bond donors (Lipinski definition) is 1. The molecule has 0 fully saturated rings. The van der Waals surface area contributed by atoms with Crippen LogP contribution in [0.1, 0.15) is 32.5 Å². The van der Waals surface area contributed by atoms with Crippen LogP contribution >= 0.6 is 11.3 Å². The third-order valence-corrected chi connectivity index (χ3v) is 6.68. The summed E-state index contributed by atoms with van der Waals surface area (Å²) in [5.41, 5.74) is 1.53. The highest BCUT2D eigenvalue weighted by Gasteiger charge is 2.34. The molecule has 1 atom stereocenters. The van der Waals surface area contributed by atoms with Crippen molar-refractivity contribution in [2.75, 3.05) is 21.3 Å². The Balaban J connectivity index is 1.82. The second kappa shape index (κ2) is 12.7. The number of methoxy groups -OCH3 is 3. The number of nitrogens with zero attached hydrogens (tertiary/aromatic N) is 3. The standard InChI is InChI=1S/C28H28N4O5S/c1-35-23-14-20(15-24(36-2)26(23)37-3)25(27(33)31-16-19-8-5-4-6-9-19)32(18-21-10-7-13-38-21)28(34)22-17-29-11-12-30-22/h4-15,17,25H,16,18H2,1-3H3,(H,31,33)/t25-/m0/s1. The van der Waals surface area contributed by atoms with Crippen LogP contribution in [0.15, 0.2) is 78.6 Å². The molecule has 2 aromatic heterocycles. The Morgan fingerprint density at radius 3 is 2.29 bits per heavy atom. The minimum absolute atomic E-state index is 0.123. The van der Waals surface area contributed by atoms with Gasteiger partial charge >= 0.3 is 0 Å². The fraction of sp³-hybridized carbons (Fsp3) is 0.214. The molecule has 10 heteroatoms. The van der Waals surface area contributed by atoms with Crippen LogP contribution in [0.5, 0.6) is 17.2 Å². The lowest BCUT2D eigenvalue weighted by Gasteiger charge is -2.31. The number of benzene rings is 2. The molecule has 0 saturated heterocycles. The minimum atomic E-state index is -1.05. The van der Waals surface area contributed by atoms with E-state index in [0.29, 0.717) is 22.8 Å². The first-order valence-electron chi connectivity index (χ1n) is 11.8. The number of hydrogen-bond acceptors (Lipinski definition) is 8. The Morgan fingerprint density at radius 2 is 1.71 bits per heavy atom. The first-order chi connectivity index (χ1) is 18.5. The van der Waals surface area contributed by atoms with Gasteiger partial charge in [-0.3, -0.25) is 14.6 Å². The van der Waals surface area contributed by atoms with Crippen molar-refractivity contribution in [2.45, 2.75) is 19.1 Å². The lowest BCUT2D eigenvalue weighted by Crippen LogP contribution is -2.43. The summed E-state index contributed by atoms with van der Waals surface area (Å²) >= 11 is 1.49. The van der Waals surface area contributed by atoms with Crippen LogP contribution in [-0.2, 0) is 17.9 Å². The molecular weight excluding hydrogens is 504 g/mol. The van der Waals surface area contributed by atoms with E-state index in [9.17, 15) is 9.59 Å². The molecular formula is C28H28N4O5S. The highest BCUT2D eigenvalue weighted by atomic mass is 32.1. The molecule has 4 rings (SSSR count). The molecule has 1 N–H and O–H groups in total. The molecule has 196 valence electrons. The van der Waals surface area contributed by atoms with E-state index in [1.807, 2.05) is 47.8 Å². The number of carbonyl (C=O) groups excluding carboxylic acids is 2. The van der Waals surface area contributed by atoms with E-state index in [1.54, 1.807) is 12.1 Å². The van der Waals surface area contributed by atoms with Gasteiger partial charge in [0.1, 0.15) is 11.7 Å². The monoisotopic (exact) mass is 532 g/mol. The predicted molar refractivity (Wildman–Crippen MR) is 143 cm³/mol. The first kappa shape index (κ1) is 26.6. The molecule has 0 aliphatic carbocycles. The van der Waals surface area contributed by atoms with Crippen molar-refractivity contribution in [3.63, 3.8) is 0 Å². The number of aromatic nitrogens is 2. The molecule has 0 radical (unpaired) electrons. The maximum Gasteiger partial charge on any atom is 0.275 e. The predicted octanol–water partition coefficient (Wildman–Crippen LogP) is 4.26. The molecule has 0 saturated carbocycles. The van der Waals surface area contributed by atoms with E-state index in [2.05, 4.69) is 15.3 Å². The zero-order chi connectivity index (χ0) is 26.9. The van der Waals surface area contributed by atoms with Gasteiger partial charge < -0.3 is 24.4 Å². The van der Waals surface area contributed by atoms with Crippen molar-refractivity contribution in [3.05, 3.63) is 100 Å². The number of carbonyl (C=O) groups is 2. The molecule has 2 aromatic carbocycles. The highest BCUT2D eigenvalue weighted by molar-refractivity contribution is 7.09. The summed E-state index contributed by atoms with van der Waals surface area (Å²) in [6.45, 7) is 0.458. The molecule has 38 heavy (non-hydrogen) atoms. The number of amides is 2. The lowest BCUT2D eigenvalue weighted by atomic mass is 10.0. The van der Waals surface area contributed by atoms with Crippen LogP contribution in [0.25, 0.3) is 0 Å². The van der Waals surface area contributed by atoms with Crippen LogP contribution in [0.3, 0.4) is 0 Å². The van der Waals surface area contributed by atoms with Gasteiger partial charge in [-0.2, -0.15) is 0 Å². The lowest BCUT2D eigenvalue weighted by molar-refractivity contribution is -0.126. The van der Waals surface area contributed by atoms with Crippen molar-refractivity contribution in [1.29, 1.82) is 0 Å². The molecule has 0 aliphatic heterocycles. The normalized spacial score (nSPS) is 11.3. The fourth-order valence-electron chi connectivity index (χ4n) is 4.02. The molecule has 2 amide bonds. The first-order valence-corrected chi connectivity index (χ1v) is 12.6. The van der Waals surface area contributed by atoms with Gasteiger partial charge in [0.2, 0.25) is 11.7 Å². The van der Waals surface area contributed by atoms with Gasteiger partial charge in [-0.25, -0.2) is 4.98 Å². The highest BCUT2D eigenvalue weighted by Crippen LogP contribution is 2.41. The maximum absolute atomic E-state index is 13.9. The zero-order valence-electron chi connectivity index (χ0n) is 21.3. The number of thiophene rings is 1. The third kappa shape index (κ3) is 6.09. The Morgan fingerprint density at radius 1 is 0.974 bits per heavy atom. The van der Waals surface area contributed by atoms with Gasteiger partial charge in [-0.05, 0) is 34.7 Å². The average Bonchev–Trinajstić information content (AvgIpc) is 3.49. The Hall–Kier alpha value is -4.44. The van der Waals surface area contributed by atoms with E-state index >= 15 is 0 Å². The van der Waals surface area contributed by atoms with Gasteiger partial charge in [0.15, 0.2) is 11.5 Å². The van der Waals surface area contributed by atoms with Gasteiger partial charge in [0.05, 0.1) is 34.1 Å². The van der Waals surface area contributed by atoms with Gasteiger partial charge in [0, 0.05) is 23.8 Å². The quantitative estimate of drug-likeness (QED) is 0.308. The second-order valence-electron chi connectivity index (χ2n) is 8.17. The summed E-state index contributed by atoms with van der Waals surface area (Å²) in [6.07, 6.45) is 4.32. The molecule has 2 heterocycles.